The number of nitrogens with one attached hydrogen (secondary N) is 1. The summed E-state index contributed by atoms with van der Waals surface area (Å²) in [6.07, 6.45) is 1.84. The Morgan fingerprint density at radius 1 is 1.36 bits per heavy atom. The van der Waals surface area contributed by atoms with Gasteiger partial charge in [0, 0.05) is 12.7 Å². The number of sulfonamides is 1. The van der Waals surface area contributed by atoms with Crippen molar-refractivity contribution in [3.05, 3.63) is 23.8 Å². The molecule has 1 fully saturated rings. The number of nitrogens with zero attached hydrogens (tertiary/aromatic N) is 1. The second-order valence-electron chi connectivity index (χ2n) is 7.03. The summed E-state index contributed by atoms with van der Waals surface area (Å²) in [5.41, 5.74) is 0.577. The molecule has 2 aliphatic rings. The maximum absolute atomic E-state index is 13.0. The van der Waals surface area contributed by atoms with Gasteiger partial charge in [0.15, 0.2) is 0 Å². The Bertz CT molecular complexity index is 871. The van der Waals surface area contributed by atoms with Crippen molar-refractivity contribution in [2.24, 2.45) is 0 Å². The summed E-state index contributed by atoms with van der Waals surface area (Å²) in [6, 6.07) is 4.36. The van der Waals surface area contributed by atoms with Gasteiger partial charge in [-0.25, -0.2) is 8.42 Å². The number of carbonyl (C=O) groups is 2. The molecule has 0 bridgehead atoms. The molecule has 3 rings (SSSR count). The van der Waals surface area contributed by atoms with Crippen LogP contribution < -0.4 is 9.46 Å². The predicted octanol–water partition coefficient (Wildman–Crippen LogP) is 1.00. The van der Waals surface area contributed by atoms with Crippen molar-refractivity contribution in [1.29, 1.82) is 0 Å². The lowest BCUT2D eigenvalue weighted by atomic mass is 9.94. The Kier molecular flexibility index (Phi) is 5.80. The normalized spacial score (nSPS) is 24.9. The van der Waals surface area contributed by atoms with Gasteiger partial charge >= 0.3 is 5.97 Å². The lowest BCUT2D eigenvalue weighted by Gasteiger charge is -2.42. The van der Waals surface area contributed by atoms with Crippen LogP contribution in [0, 0.1) is 0 Å². The molecule has 0 aromatic heterocycles. The van der Waals surface area contributed by atoms with Gasteiger partial charge < -0.3 is 19.1 Å². The zero-order chi connectivity index (χ0) is 20.5. The number of hydrogen-bond acceptors (Lipinski definition) is 7. The molecule has 1 saturated heterocycles. The number of amides is 1. The lowest BCUT2D eigenvalue weighted by Crippen LogP contribution is -2.53. The molecule has 0 aliphatic carbocycles. The molecule has 1 N–H and O–H groups in total. The molecule has 10 heteroatoms. The number of rotatable bonds is 4. The molecule has 3 atom stereocenters. The molecule has 9 nitrogen and oxygen atoms in total. The standard InChI is InChI=1S/C18H24N2O7S/c1-20-14-6-5-12(9-17(21)25-2)27-16(14)10-26-15-7-4-11(19-28(3,23)24)8-13(15)18(20)22/h4,7-8,12,14,16,19H,5-6,9-10H2,1-3H3/t12-,14-,16-/m1/s1. The lowest BCUT2D eigenvalue weighted by molar-refractivity contribution is -0.151. The van der Waals surface area contributed by atoms with Crippen LogP contribution in [0.4, 0.5) is 5.69 Å². The number of fused-ring (bicyclic) bond motifs is 2. The molecule has 1 amide bonds. The van der Waals surface area contributed by atoms with Crippen LogP contribution in [0.1, 0.15) is 29.6 Å². The van der Waals surface area contributed by atoms with Crippen molar-refractivity contribution in [2.45, 2.75) is 37.5 Å². The first-order valence-electron chi connectivity index (χ1n) is 8.92. The van der Waals surface area contributed by atoms with Gasteiger partial charge in [-0.05, 0) is 31.0 Å². The quantitative estimate of drug-likeness (QED) is 0.735. The van der Waals surface area contributed by atoms with Crippen LogP contribution in [0.3, 0.4) is 0 Å². The molecule has 0 radical (unpaired) electrons. The van der Waals surface area contributed by atoms with Gasteiger partial charge in [-0.15, -0.1) is 0 Å². The summed E-state index contributed by atoms with van der Waals surface area (Å²) in [7, 11) is -0.435. The smallest absolute Gasteiger partial charge is 0.308 e. The van der Waals surface area contributed by atoms with Crippen LogP contribution in [0.5, 0.6) is 5.75 Å². The highest BCUT2D eigenvalue weighted by Gasteiger charge is 2.39. The molecule has 0 unspecified atom stereocenters. The van der Waals surface area contributed by atoms with Gasteiger partial charge in [0.1, 0.15) is 18.5 Å². The fraction of sp³-hybridized carbons (Fsp3) is 0.556. The number of likely N-dealkylation sites (N-methyl/N-ethyl adjacent to an activating group) is 1. The Morgan fingerprint density at radius 2 is 2.11 bits per heavy atom. The fourth-order valence-electron chi connectivity index (χ4n) is 3.57. The van der Waals surface area contributed by atoms with Crippen LogP contribution in [0.25, 0.3) is 0 Å². The summed E-state index contributed by atoms with van der Waals surface area (Å²) in [6.45, 7) is 0.214. The second-order valence-corrected chi connectivity index (χ2v) is 8.78. The van der Waals surface area contributed by atoms with Crippen LogP contribution in [-0.2, 0) is 24.3 Å². The zero-order valence-corrected chi connectivity index (χ0v) is 16.8. The van der Waals surface area contributed by atoms with Crippen molar-refractivity contribution in [3.63, 3.8) is 0 Å². The summed E-state index contributed by atoms with van der Waals surface area (Å²) >= 11 is 0. The van der Waals surface area contributed by atoms with Gasteiger partial charge in [0.05, 0.1) is 37.5 Å². The molecule has 0 spiro atoms. The van der Waals surface area contributed by atoms with E-state index in [2.05, 4.69) is 4.72 Å². The predicted molar refractivity (Wildman–Crippen MR) is 101 cm³/mol. The minimum Gasteiger partial charge on any atom is -0.490 e. The highest BCUT2D eigenvalue weighted by Crippen LogP contribution is 2.32. The van der Waals surface area contributed by atoms with Crippen LogP contribution >= 0.6 is 0 Å². The Hall–Kier alpha value is -2.33. The topological polar surface area (TPSA) is 111 Å². The van der Waals surface area contributed by atoms with Crippen molar-refractivity contribution in [2.75, 3.05) is 31.7 Å². The minimum absolute atomic E-state index is 0.161. The summed E-state index contributed by atoms with van der Waals surface area (Å²) < 4.78 is 41.8. The third-order valence-corrected chi connectivity index (χ3v) is 5.54. The molecule has 0 saturated carbocycles. The van der Waals surface area contributed by atoms with Crippen LogP contribution in [0.15, 0.2) is 18.2 Å². The van der Waals surface area contributed by atoms with E-state index in [0.29, 0.717) is 24.3 Å². The van der Waals surface area contributed by atoms with E-state index in [1.54, 1.807) is 18.0 Å². The molecule has 1 aromatic rings. The van der Waals surface area contributed by atoms with Gasteiger partial charge in [-0.3, -0.25) is 14.3 Å². The van der Waals surface area contributed by atoms with Gasteiger partial charge in [-0.2, -0.15) is 0 Å². The van der Waals surface area contributed by atoms with E-state index in [-0.39, 0.29) is 48.7 Å². The largest absolute Gasteiger partial charge is 0.490 e. The van der Waals surface area contributed by atoms with Gasteiger partial charge in [-0.1, -0.05) is 0 Å². The average molecular weight is 412 g/mol. The molecule has 1 aromatic carbocycles. The highest BCUT2D eigenvalue weighted by molar-refractivity contribution is 7.92. The second kappa shape index (κ2) is 7.96. The van der Waals surface area contributed by atoms with E-state index >= 15 is 0 Å². The van der Waals surface area contributed by atoms with Crippen molar-refractivity contribution >= 4 is 27.6 Å². The maximum atomic E-state index is 13.0. The summed E-state index contributed by atoms with van der Waals surface area (Å²) in [4.78, 5) is 26.1. The molecule has 154 valence electrons. The van der Waals surface area contributed by atoms with Crippen molar-refractivity contribution in [1.82, 2.24) is 4.90 Å². The minimum atomic E-state index is -3.46. The van der Waals surface area contributed by atoms with Crippen LogP contribution in [0.2, 0.25) is 0 Å². The van der Waals surface area contributed by atoms with E-state index in [9.17, 15) is 18.0 Å². The van der Waals surface area contributed by atoms with Crippen molar-refractivity contribution < 1.29 is 32.2 Å². The van der Waals surface area contributed by atoms with Gasteiger partial charge in [0.2, 0.25) is 10.0 Å². The molecule has 28 heavy (non-hydrogen) atoms. The van der Waals surface area contributed by atoms with E-state index in [1.165, 1.54) is 19.2 Å². The number of methoxy groups -OCH3 is 1. The number of anilines is 1. The average Bonchev–Trinajstić information content (AvgIpc) is 2.63. The summed E-state index contributed by atoms with van der Waals surface area (Å²) in [5.74, 6) is -0.263. The third kappa shape index (κ3) is 4.56. The first kappa shape index (κ1) is 20.4. The van der Waals surface area contributed by atoms with E-state index in [0.717, 1.165) is 6.26 Å². The Balaban J connectivity index is 1.82. The van der Waals surface area contributed by atoms with Crippen molar-refractivity contribution in [3.8, 4) is 5.75 Å². The monoisotopic (exact) mass is 412 g/mol. The zero-order valence-electron chi connectivity index (χ0n) is 16.0. The first-order chi connectivity index (χ1) is 13.2. The Morgan fingerprint density at radius 3 is 2.79 bits per heavy atom. The SMILES string of the molecule is COC(=O)C[C@H]1CC[C@@H]2[C@@H](COc3ccc(NS(C)(=O)=O)cc3C(=O)N2C)O1. The van der Waals surface area contributed by atoms with E-state index < -0.39 is 10.0 Å². The molecule has 2 heterocycles. The number of carbonyl (C=O) groups excluding carboxylic acids is 2. The van der Waals surface area contributed by atoms with Crippen LogP contribution in [-0.4, -0.2) is 70.5 Å². The number of hydrogen-bond donors (Lipinski definition) is 1. The number of ether oxygens (including phenoxy) is 3. The molecular weight excluding hydrogens is 388 g/mol. The van der Waals surface area contributed by atoms with E-state index in [1.807, 2.05) is 0 Å². The first-order valence-corrected chi connectivity index (χ1v) is 10.8. The summed E-state index contributed by atoms with van der Waals surface area (Å²) in [5, 5.41) is 0. The molecular formula is C18H24N2O7S. The Labute approximate surface area is 164 Å². The number of benzene rings is 1. The highest BCUT2D eigenvalue weighted by atomic mass is 32.2. The molecule has 2 aliphatic heterocycles. The third-order valence-electron chi connectivity index (χ3n) is 4.94. The number of esters is 1. The fourth-order valence-corrected chi connectivity index (χ4v) is 4.13. The maximum Gasteiger partial charge on any atom is 0.308 e. The van der Waals surface area contributed by atoms with E-state index in [4.69, 9.17) is 14.2 Å². The van der Waals surface area contributed by atoms with Gasteiger partial charge in [0.25, 0.3) is 5.91 Å².